The summed E-state index contributed by atoms with van der Waals surface area (Å²) in [5.41, 5.74) is 20.3. The Labute approximate surface area is 390 Å². The number of aromatic nitrogens is 3. The van der Waals surface area contributed by atoms with Gasteiger partial charge in [-0.15, -0.1) is 0 Å². The lowest BCUT2D eigenvalue weighted by Crippen LogP contribution is -2.25. The van der Waals surface area contributed by atoms with Gasteiger partial charge in [-0.3, -0.25) is 4.57 Å². The Kier molecular flexibility index (Phi) is 6.98. The second kappa shape index (κ2) is 13.1. The van der Waals surface area contributed by atoms with Crippen LogP contribution in [0.5, 0.6) is 0 Å². The third-order valence-electron chi connectivity index (χ3n) is 15.3. The molecule has 10 aromatic carbocycles. The summed E-state index contributed by atoms with van der Waals surface area (Å²) in [5.74, 6) is 0. The lowest BCUT2D eigenvalue weighted by molar-refractivity contribution is 0.645. The van der Waals surface area contributed by atoms with Gasteiger partial charge >= 0.3 is 0 Å². The molecule has 0 saturated heterocycles. The summed E-state index contributed by atoms with van der Waals surface area (Å²) >= 11 is 0. The highest BCUT2D eigenvalue weighted by molar-refractivity contribution is 6.24. The van der Waals surface area contributed by atoms with Crippen LogP contribution < -0.4 is 0 Å². The van der Waals surface area contributed by atoms with Crippen LogP contribution in [0, 0.1) is 0 Å². The van der Waals surface area contributed by atoms with Crippen molar-refractivity contribution in [2.75, 3.05) is 0 Å². The van der Waals surface area contributed by atoms with Crippen molar-refractivity contribution in [1.82, 2.24) is 14.1 Å². The van der Waals surface area contributed by atoms with E-state index in [1.54, 1.807) is 0 Å². The predicted octanol–water partition coefficient (Wildman–Crippen LogP) is 16.3. The molecule has 68 heavy (non-hydrogen) atoms. The molecule has 0 radical (unpaired) electrons. The van der Waals surface area contributed by atoms with Gasteiger partial charge in [0.05, 0.1) is 38.6 Å². The number of pyridine rings is 1. The van der Waals surface area contributed by atoms with Gasteiger partial charge in [0, 0.05) is 49.3 Å². The molecule has 0 bridgehead atoms. The lowest BCUT2D eigenvalue weighted by atomic mass is 9.70. The Bertz CT molecular complexity index is 4460. The van der Waals surface area contributed by atoms with E-state index < -0.39 is 5.41 Å². The third kappa shape index (κ3) is 4.52. The Morgan fingerprint density at radius 1 is 0.353 bits per heavy atom. The summed E-state index contributed by atoms with van der Waals surface area (Å²) < 4.78 is 11.7. The fourth-order valence-electron chi connectivity index (χ4n) is 12.6. The van der Waals surface area contributed by atoms with Gasteiger partial charge in [-0.25, -0.2) is 4.98 Å². The quantitative estimate of drug-likeness (QED) is 0.166. The molecule has 2 aliphatic carbocycles. The first-order chi connectivity index (χ1) is 33.7. The zero-order chi connectivity index (χ0) is 44.2. The lowest BCUT2D eigenvalue weighted by Gasteiger charge is -2.30. The first-order valence-electron chi connectivity index (χ1n) is 23.5. The zero-order valence-electron chi connectivity index (χ0n) is 36.6. The van der Waals surface area contributed by atoms with E-state index >= 15 is 0 Å². The average molecular weight is 864 g/mol. The molecule has 0 unspecified atom stereocenters. The summed E-state index contributed by atoms with van der Waals surface area (Å²) in [6.07, 6.45) is 0. The Morgan fingerprint density at radius 3 is 1.74 bits per heavy atom. The highest BCUT2D eigenvalue weighted by Gasteiger charge is 2.51. The summed E-state index contributed by atoms with van der Waals surface area (Å²) in [4.78, 5) is 5.57. The second-order valence-corrected chi connectivity index (χ2v) is 18.5. The minimum atomic E-state index is -0.440. The van der Waals surface area contributed by atoms with E-state index in [1.165, 1.54) is 66.2 Å². The van der Waals surface area contributed by atoms with Crippen LogP contribution in [0.4, 0.5) is 0 Å². The van der Waals surface area contributed by atoms with E-state index in [0.29, 0.717) is 0 Å². The molecule has 14 aromatic rings. The van der Waals surface area contributed by atoms with Crippen LogP contribution in [0.2, 0.25) is 0 Å². The standard InChI is InChI=1S/C64H37N3O/c1-2-18-39(19-3-1)66-57-31-14-8-25-45(57)49-36-59-51(37-58(49)66)61-46-26-9-15-32-60(46)68-63(61)67(59)40-20-16-17-38(33-40)62-50-34-48-43-23-6-12-29-54(43)64(55(48)35-47(50)44-24-7-13-30-56(44)65-62)52-27-10-4-21-41(52)42-22-5-11-28-53(42)64/h1-37H. The number of para-hydroxylation sites is 4. The number of fused-ring (bicyclic) bond motifs is 21. The van der Waals surface area contributed by atoms with E-state index in [1.807, 2.05) is 0 Å². The zero-order valence-corrected chi connectivity index (χ0v) is 36.6. The van der Waals surface area contributed by atoms with Gasteiger partial charge < -0.3 is 8.98 Å². The molecular formula is C64H37N3O. The minimum absolute atomic E-state index is 0.440. The highest BCUT2D eigenvalue weighted by Crippen LogP contribution is 2.63. The molecule has 314 valence electrons. The van der Waals surface area contributed by atoms with Crippen molar-refractivity contribution in [1.29, 1.82) is 0 Å². The molecule has 0 fully saturated rings. The Hall–Kier alpha value is -8.99. The minimum Gasteiger partial charge on any atom is -0.439 e. The van der Waals surface area contributed by atoms with Crippen molar-refractivity contribution in [3.63, 3.8) is 0 Å². The number of hydrogen-bond acceptors (Lipinski definition) is 2. The van der Waals surface area contributed by atoms with Crippen molar-refractivity contribution in [3.8, 4) is 44.9 Å². The summed E-state index contributed by atoms with van der Waals surface area (Å²) in [6, 6.07) is 82.3. The molecule has 4 heterocycles. The van der Waals surface area contributed by atoms with E-state index in [4.69, 9.17) is 9.40 Å². The predicted molar refractivity (Wildman–Crippen MR) is 279 cm³/mol. The van der Waals surface area contributed by atoms with Crippen LogP contribution in [0.1, 0.15) is 22.3 Å². The van der Waals surface area contributed by atoms with E-state index in [0.717, 1.165) is 77.4 Å². The molecule has 4 nitrogen and oxygen atoms in total. The van der Waals surface area contributed by atoms with Gasteiger partial charge in [-0.2, -0.15) is 0 Å². The van der Waals surface area contributed by atoms with Crippen molar-refractivity contribution in [3.05, 3.63) is 247 Å². The van der Waals surface area contributed by atoms with Crippen LogP contribution >= 0.6 is 0 Å². The monoisotopic (exact) mass is 863 g/mol. The molecule has 2 aliphatic rings. The van der Waals surface area contributed by atoms with Gasteiger partial charge in [-0.1, -0.05) is 158 Å². The summed E-state index contributed by atoms with van der Waals surface area (Å²) in [5, 5.41) is 9.25. The molecule has 0 saturated carbocycles. The topological polar surface area (TPSA) is 35.9 Å². The average Bonchev–Trinajstić information content (AvgIpc) is 4.18. The van der Waals surface area contributed by atoms with Crippen molar-refractivity contribution in [2.24, 2.45) is 0 Å². The maximum Gasteiger partial charge on any atom is 0.213 e. The fraction of sp³-hybridized carbons (Fsp3) is 0.0156. The summed E-state index contributed by atoms with van der Waals surface area (Å²) in [7, 11) is 0. The molecule has 0 amide bonds. The number of furan rings is 1. The second-order valence-electron chi connectivity index (χ2n) is 18.5. The Morgan fingerprint density at radius 2 is 0.956 bits per heavy atom. The molecule has 4 heteroatoms. The maximum absolute atomic E-state index is 6.92. The molecule has 4 aromatic heterocycles. The molecule has 16 rings (SSSR count). The SMILES string of the molecule is c1ccc(-n2c3ccccc3c3cc4c(cc32)c2c3ccccc3oc2n4-c2cccc(-c3nc4ccccc4c4cc5c(cc34)-c3ccccc3C53c4ccccc4-c4ccccc43)c2)cc1. The largest absolute Gasteiger partial charge is 0.439 e. The molecular weight excluding hydrogens is 827 g/mol. The molecule has 0 atom stereocenters. The van der Waals surface area contributed by atoms with Gasteiger partial charge in [0.2, 0.25) is 5.71 Å². The summed E-state index contributed by atoms with van der Waals surface area (Å²) in [6.45, 7) is 0. The molecule has 0 N–H and O–H groups in total. The van der Waals surface area contributed by atoms with Gasteiger partial charge in [0.1, 0.15) is 5.58 Å². The van der Waals surface area contributed by atoms with Crippen LogP contribution in [0.15, 0.2) is 229 Å². The first-order valence-corrected chi connectivity index (χ1v) is 23.5. The van der Waals surface area contributed by atoms with E-state index in [-0.39, 0.29) is 0 Å². The smallest absolute Gasteiger partial charge is 0.213 e. The van der Waals surface area contributed by atoms with Crippen LogP contribution in [0.3, 0.4) is 0 Å². The number of rotatable bonds is 3. The van der Waals surface area contributed by atoms with Crippen LogP contribution in [-0.2, 0) is 5.41 Å². The van der Waals surface area contributed by atoms with E-state index in [2.05, 4.69) is 234 Å². The van der Waals surface area contributed by atoms with Crippen molar-refractivity contribution >= 4 is 76.5 Å². The molecule has 1 spiro atoms. The van der Waals surface area contributed by atoms with Crippen molar-refractivity contribution < 1.29 is 4.42 Å². The van der Waals surface area contributed by atoms with Gasteiger partial charge in [0.15, 0.2) is 0 Å². The number of hydrogen-bond donors (Lipinski definition) is 0. The molecule has 0 aliphatic heterocycles. The van der Waals surface area contributed by atoms with Gasteiger partial charge in [-0.05, 0) is 117 Å². The third-order valence-corrected chi connectivity index (χ3v) is 15.3. The highest BCUT2D eigenvalue weighted by atomic mass is 16.3. The normalized spacial score (nSPS) is 13.4. The van der Waals surface area contributed by atoms with Crippen LogP contribution in [-0.4, -0.2) is 14.1 Å². The Balaban J connectivity index is 0.974. The maximum atomic E-state index is 6.92. The fourth-order valence-corrected chi connectivity index (χ4v) is 12.6. The van der Waals surface area contributed by atoms with Crippen LogP contribution in [0.25, 0.3) is 121 Å². The number of benzene rings is 10. The van der Waals surface area contributed by atoms with Gasteiger partial charge in [0.25, 0.3) is 0 Å². The van der Waals surface area contributed by atoms with E-state index in [9.17, 15) is 0 Å². The number of nitrogens with zero attached hydrogens (tertiary/aromatic N) is 3. The first kappa shape index (κ1) is 36.3. The van der Waals surface area contributed by atoms with Crippen molar-refractivity contribution in [2.45, 2.75) is 5.41 Å².